The predicted octanol–water partition coefficient (Wildman–Crippen LogP) is 3.99. The molecular formula is C17H18N4O. The summed E-state index contributed by atoms with van der Waals surface area (Å²) in [7, 11) is 0. The molecule has 0 unspecified atom stereocenters. The fraction of sp³-hybridized carbons (Fsp3) is 0.176. The summed E-state index contributed by atoms with van der Waals surface area (Å²) in [5.74, 6) is 2.38. The minimum atomic E-state index is 0.592. The average Bonchev–Trinajstić information content (AvgIpc) is 3.07. The summed E-state index contributed by atoms with van der Waals surface area (Å²) >= 11 is 0. The summed E-state index contributed by atoms with van der Waals surface area (Å²) in [6.45, 7) is 2.73. The van der Waals surface area contributed by atoms with Crippen molar-refractivity contribution in [3.05, 3.63) is 66.4 Å². The fourth-order valence-electron chi connectivity index (χ4n) is 2.20. The molecule has 112 valence electrons. The number of hydrogen-bond donors (Lipinski definition) is 2. The van der Waals surface area contributed by atoms with E-state index in [1.807, 2.05) is 30.3 Å². The van der Waals surface area contributed by atoms with Gasteiger partial charge in [0.05, 0.1) is 12.8 Å². The second-order valence-corrected chi connectivity index (χ2v) is 4.86. The number of furan rings is 1. The third kappa shape index (κ3) is 3.44. The first-order valence-electron chi connectivity index (χ1n) is 7.28. The predicted molar refractivity (Wildman–Crippen MR) is 87.2 cm³/mol. The van der Waals surface area contributed by atoms with E-state index in [4.69, 9.17) is 4.42 Å². The topological polar surface area (TPSA) is 63.0 Å². The van der Waals surface area contributed by atoms with Crippen molar-refractivity contribution in [3.63, 3.8) is 0 Å². The molecule has 0 saturated carbocycles. The van der Waals surface area contributed by atoms with Crippen molar-refractivity contribution in [2.45, 2.75) is 19.9 Å². The van der Waals surface area contributed by atoms with Crippen LogP contribution in [0.1, 0.15) is 18.2 Å². The number of rotatable bonds is 6. The van der Waals surface area contributed by atoms with Crippen LogP contribution in [0.3, 0.4) is 0 Å². The van der Waals surface area contributed by atoms with E-state index in [0.717, 1.165) is 29.5 Å². The Hall–Kier alpha value is -2.82. The molecule has 2 heterocycles. The molecule has 0 spiro atoms. The van der Waals surface area contributed by atoms with E-state index in [1.54, 1.807) is 12.6 Å². The fourth-order valence-corrected chi connectivity index (χ4v) is 2.20. The number of para-hydroxylation sites is 1. The highest BCUT2D eigenvalue weighted by Crippen LogP contribution is 2.21. The molecule has 0 atom stereocenters. The second kappa shape index (κ2) is 6.76. The molecule has 0 fully saturated rings. The van der Waals surface area contributed by atoms with Crippen molar-refractivity contribution in [2.24, 2.45) is 0 Å². The van der Waals surface area contributed by atoms with Crippen LogP contribution >= 0.6 is 0 Å². The molecule has 5 nitrogen and oxygen atoms in total. The van der Waals surface area contributed by atoms with Crippen LogP contribution in [0.2, 0.25) is 0 Å². The molecular weight excluding hydrogens is 276 g/mol. The molecule has 3 rings (SSSR count). The highest BCUT2D eigenvalue weighted by Gasteiger charge is 2.03. The van der Waals surface area contributed by atoms with E-state index < -0.39 is 0 Å². The highest BCUT2D eigenvalue weighted by molar-refractivity contribution is 5.62. The van der Waals surface area contributed by atoms with E-state index >= 15 is 0 Å². The first kappa shape index (κ1) is 14.1. The Morgan fingerprint density at radius 1 is 1.05 bits per heavy atom. The smallest absolute Gasteiger partial charge is 0.135 e. The Labute approximate surface area is 129 Å². The summed E-state index contributed by atoms with van der Waals surface area (Å²) in [6.07, 6.45) is 4.17. The standard InChI is InChI=1S/C17H18N4O/c1-2-13-6-3-4-8-15(13)21-17-10-16(19-12-20-17)18-11-14-7-5-9-22-14/h3-10,12H,2,11H2,1H3,(H2,18,19,20,21). The zero-order valence-corrected chi connectivity index (χ0v) is 12.4. The van der Waals surface area contributed by atoms with Crippen LogP contribution in [0.4, 0.5) is 17.3 Å². The van der Waals surface area contributed by atoms with Crippen LogP contribution in [0.15, 0.2) is 59.5 Å². The maximum Gasteiger partial charge on any atom is 0.135 e. The molecule has 1 aromatic carbocycles. The lowest BCUT2D eigenvalue weighted by Crippen LogP contribution is -2.03. The van der Waals surface area contributed by atoms with Crippen LogP contribution in [0.5, 0.6) is 0 Å². The van der Waals surface area contributed by atoms with Gasteiger partial charge in [-0.3, -0.25) is 0 Å². The lowest BCUT2D eigenvalue weighted by molar-refractivity contribution is 0.518. The molecule has 2 N–H and O–H groups in total. The van der Waals surface area contributed by atoms with Gasteiger partial charge in [0.2, 0.25) is 0 Å². The Morgan fingerprint density at radius 3 is 2.73 bits per heavy atom. The van der Waals surface area contributed by atoms with Gasteiger partial charge in [-0.1, -0.05) is 25.1 Å². The first-order chi connectivity index (χ1) is 10.8. The maximum atomic E-state index is 5.29. The van der Waals surface area contributed by atoms with E-state index in [1.165, 1.54) is 5.56 Å². The van der Waals surface area contributed by atoms with Crippen molar-refractivity contribution < 1.29 is 4.42 Å². The molecule has 5 heteroatoms. The first-order valence-corrected chi connectivity index (χ1v) is 7.28. The number of aromatic nitrogens is 2. The molecule has 0 aliphatic heterocycles. The van der Waals surface area contributed by atoms with E-state index in [0.29, 0.717) is 6.54 Å². The molecule has 0 amide bonds. The van der Waals surface area contributed by atoms with Gasteiger partial charge in [0, 0.05) is 11.8 Å². The zero-order valence-electron chi connectivity index (χ0n) is 12.4. The lowest BCUT2D eigenvalue weighted by atomic mass is 10.1. The van der Waals surface area contributed by atoms with Gasteiger partial charge < -0.3 is 15.1 Å². The quantitative estimate of drug-likeness (QED) is 0.719. The average molecular weight is 294 g/mol. The van der Waals surface area contributed by atoms with Crippen LogP contribution in [0, 0.1) is 0 Å². The molecule has 0 aliphatic carbocycles. The van der Waals surface area contributed by atoms with Crippen molar-refractivity contribution in [1.82, 2.24) is 9.97 Å². The Bertz CT molecular complexity index is 725. The summed E-state index contributed by atoms with van der Waals surface area (Å²) in [5.41, 5.74) is 2.33. The van der Waals surface area contributed by atoms with Crippen LogP contribution in [0.25, 0.3) is 0 Å². The van der Waals surface area contributed by atoms with Gasteiger partial charge in [0.15, 0.2) is 0 Å². The zero-order chi connectivity index (χ0) is 15.2. The van der Waals surface area contributed by atoms with Crippen molar-refractivity contribution in [3.8, 4) is 0 Å². The SMILES string of the molecule is CCc1ccccc1Nc1cc(NCc2ccco2)ncn1. The molecule has 0 radical (unpaired) electrons. The highest BCUT2D eigenvalue weighted by atomic mass is 16.3. The number of aryl methyl sites for hydroxylation is 1. The van der Waals surface area contributed by atoms with Crippen molar-refractivity contribution in [2.75, 3.05) is 10.6 Å². The Morgan fingerprint density at radius 2 is 1.91 bits per heavy atom. The van der Waals surface area contributed by atoms with E-state index in [-0.39, 0.29) is 0 Å². The third-order valence-corrected chi connectivity index (χ3v) is 3.35. The molecule has 0 bridgehead atoms. The monoisotopic (exact) mass is 294 g/mol. The third-order valence-electron chi connectivity index (χ3n) is 3.35. The van der Waals surface area contributed by atoms with Gasteiger partial charge in [-0.15, -0.1) is 0 Å². The largest absolute Gasteiger partial charge is 0.467 e. The number of anilines is 3. The van der Waals surface area contributed by atoms with Gasteiger partial charge in [-0.05, 0) is 30.2 Å². The minimum absolute atomic E-state index is 0.592. The van der Waals surface area contributed by atoms with Crippen LogP contribution in [-0.4, -0.2) is 9.97 Å². The molecule has 0 saturated heterocycles. The number of nitrogens with one attached hydrogen (secondary N) is 2. The van der Waals surface area contributed by atoms with Gasteiger partial charge in [-0.2, -0.15) is 0 Å². The number of nitrogens with zero attached hydrogens (tertiary/aromatic N) is 2. The molecule has 0 aliphatic rings. The van der Waals surface area contributed by atoms with E-state index in [9.17, 15) is 0 Å². The maximum absolute atomic E-state index is 5.29. The number of benzene rings is 1. The summed E-state index contributed by atoms with van der Waals surface area (Å²) in [4.78, 5) is 8.49. The Kier molecular flexibility index (Phi) is 4.34. The normalized spacial score (nSPS) is 10.4. The summed E-state index contributed by atoms with van der Waals surface area (Å²) < 4.78 is 5.29. The second-order valence-electron chi connectivity index (χ2n) is 4.86. The molecule has 2 aromatic heterocycles. The van der Waals surface area contributed by atoms with Crippen LogP contribution < -0.4 is 10.6 Å². The van der Waals surface area contributed by atoms with Gasteiger partial charge in [0.1, 0.15) is 23.7 Å². The molecule has 22 heavy (non-hydrogen) atoms. The van der Waals surface area contributed by atoms with Gasteiger partial charge >= 0.3 is 0 Å². The number of hydrogen-bond acceptors (Lipinski definition) is 5. The van der Waals surface area contributed by atoms with Crippen LogP contribution in [-0.2, 0) is 13.0 Å². The summed E-state index contributed by atoms with van der Waals surface area (Å²) in [6, 6.07) is 13.9. The Balaban J connectivity index is 1.70. The van der Waals surface area contributed by atoms with Crippen molar-refractivity contribution >= 4 is 17.3 Å². The van der Waals surface area contributed by atoms with E-state index in [2.05, 4.69) is 39.7 Å². The van der Waals surface area contributed by atoms with Gasteiger partial charge in [-0.25, -0.2) is 9.97 Å². The minimum Gasteiger partial charge on any atom is -0.467 e. The lowest BCUT2D eigenvalue weighted by Gasteiger charge is -2.11. The molecule has 3 aromatic rings. The summed E-state index contributed by atoms with van der Waals surface area (Å²) in [5, 5.41) is 6.56. The van der Waals surface area contributed by atoms with Gasteiger partial charge in [0.25, 0.3) is 0 Å². The van der Waals surface area contributed by atoms with Crippen molar-refractivity contribution in [1.29, 1.82) is 0 Å².